The van der Waals surface area contributed by atoms with Crippen LogP contribution in [0.1, 0.15) is 130 Å². The summed E-state index contributed by atoms with van der Waals surface area (Å²) in [6.07, 6.45) is 4.87. The number of benzene rings is 1. The minimum Gasteiger partial charge on any atom is -0.454 e. The average molecular weight is 795 g/mol. The van der Waals surface area contributed by atoms with E-state index in [1.807, 2.05) is 31.2 Å². The van der Waals surface area contributed by atoms with Crippen LogP contribution in [0.15, 0.2) is 111 Å². The van der Waals surface area contributed by atoms with Gasteiger partial charge in [0.2, 0.25) is 0 Å². The van der Waals surface area contributed by atoms with Crippen LogP contribution in [0.2, 0.25) is 0 Å². The van der Waals surface area contributed by atoms with Crippen LogP contribution in [0, 0.1) is 48.3 Å². The Kier molecular flexibility index (Phi) is 19.1. The molecular formula is C46H66O11. The first-order chi connectivity index (χ1) is 26.6. The smallest absolute Gasteiger partial charge is 0.454 e. The maximum atomic E-state index is 11.4. The summed E-state index contributed by atoms with van der Waals surface area (Å²) in [5, 5.41) is 0. The van der Waals surface area contributed by atoms with Crippen molar-refractivity contribution in [3.8, 4) is 0 Å². The van der Waals surface area contributed by atoms with Crippen molar-refractivity contribution in [1.29, 1.82) is 0 Å². The van der Waals surface area contributed by atoms with Gasteiger partial charge in [-0.05, 0) is 69.2 Å². The van der Waals surface area contributed by atoms with E-state index in [-0.39, 0.29) is 12.1 Å². The molecule has 1 aromatic heterocycles. The number of cyclic esters (lactones) is 1. The van der Waals surface area contributed by atoms with Gasteiger partial charge in [0.1, 0.15) is 53.2 Å². The maximum Gasteiger partial charge on any atom is 0.519 e. The Hall–Kier alpha value is -5.06. The fourth-order valence-electron chi connectivity index (χ4n) is 5.40. The molecule has 3 unspecified atom stereocenters. The minimum atomic E-state index is -0.599. The molecule has 0 saturated carbocycles. The molecule has 0 amide bonds. The third-order valence-electron chi connectivity index (χ3n) is 9.17. The van der Waals surface area contributed by atoms with Crippen LogP contribution in [0.3, 0.4) is 0 Å². The van der Waals surface area contributed by atoms with Gasteiger partial charge in [0.25, 0.3) is 17.8 Å². The number of carbonyl (C=O) groups excluding carboxylic acids is 1. The Morgan fingerprint density at radius 2 is 1.23 bits per heavy atom. The molecule has 5 heterocycles. The van der Waals surface area contributed by atoms with Crippen molar-refractivity contribution in [2.24, 2.45) is 41.4 Å². The highest BCUT2D eigenvalue weighted by Crippen LogP contribution is 2.35. The molecule has 6 rings (SSSR count). The summed E-state index contributed by atoms with van der Waals surface area (Å²) in [6.45, 7) is 39.7. The summed E-state index contributed by atoms with van der Waals surface area (Å²) < 4.78 is 45.5. The first-order valence-corrected chi connectivity index (χ1v) is 19.7. The first-order valence-electron chi connectivity index (χ1n) is 19.7. The fourth-order valence-corrected chi connectivity index (χ4v) is 5.40. The first kappa shape index (κ1) is 48.1. The molecule has 0 fully saturated rings. The highest BCUT2D eigenvalue weighted by Gasteiger charge is 2.32. The molecule has 2 aromatic rings. The Morgan fingerprint density at radius 1 is 0.649 bits per heavy atom. The van der Waals surface area contributed by atoms with E-state index >= 15 is 0 Å². The van der Waals surface area contributed by atoms with Crippen molar-refractivity contribution in [3.63, 3.8) is 0 Å². The number of allylic oxidation sites excluding steroid dienone is 4. The molecule has 0 saturated heterocycles. The summed E-state index contributed by atoms with van der Waals surface area (Å²) in [6, 6.07) is 7.59. The lowest BCUT2D eigenvalue weighted by atomic mass is 9.95. The van der Waals surface area contributed by atoms with Gasteiger partial charge in [-0.2, -0.15) is 0 Å². The Morgan fingerprint density at radius 3 is 1.67 bits per heavy atom. The molecule has 4 aliphatic rings. The fraction of sp³-hybridized carbons (Fsp3) is 0.522. The van der Waals surface area contributed by atoms with Crippen LogP contribution in [0.4, 0.5) is 0 Å². The van der Waals surface area contributed by atoms with Crippen molar-refractivity contribution in [3.05, 3.63) is 131 Å². The van der Waals surface area contributed by atoms with Crippen LogP contribution >= 0.6 is 0 Å². The SMILES string of the molecule is C=C1OC(C)=C(C(C)C(C)C)O1.C=C1OC=C(C(C)C(C)C)O1.C=C1OC=C(CC(C)C)O1.CC(C)C1OC(=O)c2ccccc21.Cc1oc(=O)oc1CC(C)C. The molecule has 0 bridgehead atoms. The van der Waals surface area contributed by atoms with Gasteiger partial charge in [0, 0.05) is 30.2 Å². The Bertz CT molecular complexity index is 1810. The normalized spacial score (nSPS) is 17.5. The van der Waals surface area contributed by atoms with Gasteiger partial charge in [-0.25, -0.2) is 9.59 Å². The van der Waals surface area contributed by atoms with Gasteiger partial charge >= 0.3 is 11.8 Å². The molecule has 57 heavy (non-hydrogen) atoms. The molecular weight excluding hydrogens is 728 g/mol. The number of hydrogen-bond acceptors (Lipinski definition) is 11. The van der Waals surface area contributed by atoms with E-state index in [1.165, 1.54) is 0 Å². The zero-order valence-corrected chi connectivity index (χ0v) is 36.6. The summed E-state index contributed by atoms with van der Waals surface area (Å²) in [5.41, 5.74) is 1.75. The average Bonchev–Trinajstić information content (AvgIpc) is 3.95. The second-order valence-corrected chi connectivity index (χ2v) is 16.1. The number of rotatable bonds is 9. The van der Waals surface area contributed by atoms with E-state index in [0.29, 0.717) is 70.8 Å². The standard InChI is InChI=1S/C11H12O2.C10H16O2.C9H14O2.C8H12O3.C8H12O2/c1-7(2)10-8-5-3-4-6-9(8)11(12)13-10;1-6(2)7(3)10-8(4)11-9(5)12-10;1-6(2)7(3)9-5-10-8(4)11-9;1-5(2)4-7-6(3)10-8(9)11-7;1-6(2)4-8-5-9-7(3)10-8/h3-7,10H,1-2H3;6-7H,5H2,1-4H3;5-7H,4H2,1-3H3;5H,4H2,1-3H3;5-6H,3-4H2,1-2H3. The van der Waals surface area contributed by atoms with Gasteiger partial charge in [0.05, 0.1) is 5.56 Å². The van der Waals surface area contributed by atoms with Crippen molar-refractivity contribution >= 4 is 5.97 Å². The lowest BCUT2D eigenvalue weighted by Crippen LogP contribution is -2.08. The van der Waals surface area contributed by atoms with E-state index in [1.54, 1.807) is 19.4 Å². The maximum absolute atomic E-state index is 11.4. The molecule has 0 spiro atoms. The van der Waals surface area contributed by atoms with Crippen molar-refractivity contribution in [1.82, 2.24) is 0 Å². The number of ether oxygens (including phenoxy) is 7. The molecule has 11 nitrogen and oxygen atoms in total. The Labute approximate surface area is 340 Å². The lowest BCUT2D eigenvalue weighted by molar-refractivity contribution is 0.0280. The molecule has 0 N–H and O–H groups in total. The van der Waals surface area contributed by atoms with E-state index in [4.69, 9.17) is 42.0 Å². The molecule has 0 radical (unpaired) electrons. The summed E-state index contributed by atoms with van der Waals surface area (Å²) >= 11 is 0. The topological polar surface area (TPSA) is 125 Å². The molecule has 3 atom stereocenters. The highest BCUT2D eigenvalue weighted by atomic mass is 16.7. The van der Waals surface area contributed by atoms with Gasteiger partial charge in [0.15, 0.2) is 0 Å². The molecule has 4 aliphatic heterocycles. The monoisotopic (exact) mass is 794 g/mol. The third-order valence-corrected chi connectivity index (χ3v) is 9.17. The van der Waals surface area contributed by atoms with E-state index in [9.17, 15) is 9.59 Å². The van der Waals surface area contributed by atoms with Crippen molar-refractivity contribution in [2.75, 3.05) is 0 Å². The molecule has 316 valence electrons. The van der Waals surface area contributed by atoms with E-state index in [2.05, 4.69) is 103 Å². The summed E-state index contributed by atoms with van der Waals surface area (Å²) in [5.74, 6) is 8.52. The third kappa shape index (κ3) is 15.8. The molecule has 0 aliphatic carbocycles. The van der Waals surface area contributed by atoms with Crippen molar-refractivity contribution < 1.29 is 46.8 Å². The lowest BCUT2D eigenvalue weighted by Gasteiger charge is -2.14. The van der Waals surface area contributed by atoms with Crippen LogP contribution in [0.25, 0.3) is 0 Å². The van der Waals surface area contributed by atoms with Gasteiger partial charge in [-0.15, -0.1) is 0 Å². The van der Waals surface area contributed by atoms with E-state index < -0.39 is 5.82 Å². The van der Waals surface area contributed by atoms with Crippen LogP contribution in [-0.2, 0) is 39.6 Å². The van der Waals surface area contributed by atoms with Gasteiger partial charge < -0.3 is 42.0 Å². The number of esters is 1. The van der Waals surface area contributed by atoms with Crippen LogP contribution in [0.5, 0.6) is 0 Å². The largest absolute Gasteiger partial charge is 0.519 e. The zero-order valence-electron chi connectivity index (χ0n) is 36.6. The highest BCUT2D eigenvalue weighted by molar-refractivity contribution is 5.94. The quantitative estimate of drug-likeness (QED) is 0.225. The molecule has 1 aromatic carbocycles. The Balaban J connectivity index is 0.000000247. The second kappa shape index (κ2) is 22.6. The predicted octanol–water partition coefficient (Wildman–Crippen LogP) is 12.4. The van der Waals surface area contributed by atoms with Crippen molar-refractivity contribution in [2.45, 2.75) is 116 Å². The van der Waals surface area contributed by atoms with Gasteiger partial charge in [-0.3, -0.25) is 0 Å². The summed E-state index contributed by atoms with van der Waals surface area (Å²) in [7, 11) is 0. The number of carbonyl (C=O) groups is 1. The van der Waals surface area contributed by atoms with E-state index in [0.717, 1.165) is 47.0 Å². The predicted molar refractivity (Wildman–Crippen MR) is 220 cm³/mol. The van der Waals surface area contributed by atoms with Crippen LogP contribution in [-0.4, -0.2) is 5.97 Å². The summed E-state index contributed by atoms with van der Waals surface area (Å²) in [4.78, 5) is 21.9. The number of hydrogen-bond donors (Lipinski definition) is 0. The minimum absolute atomic E-state index is 0.0521. The van der Waals surface area contributed by atoms with Crippen LogP contribution < -0.4 is 5.82 Å². The van der Waals surface area contributed by atoms with Gasteiger partial charge in [-0.1, -0.05) is 101 Å². The second-order valence-electron chi connectivity index (χ2n) is 16.1. The zero-order chi connectivity index (χ0) is 43.1. The number of aryl methyl sites for hydroxylation is 1. The molecule has 11 heteroatoms. The number of fused-ring (bicyclic) bond motifs is 1.